The number of halogens is 2. The smallest absolute Gasteiger partial charge is 0.408 e. The van der Waals surface area contributed by atoms with Crippen LogP contribution in [0.3, 0.4) is 0 Å². The maximum atomic E-state index is 11.9. The first-order chi connectivity index (χ1) is 26.4. The van der Waals surface area contributed by atoms with Crippen molar-refractivity contribution in [3.8, 4) is 23.7 Å². The number of nitrogens with one attached hydrogen (secondary N) is 2. The van der Waals surface area contributed by atoms with E-state index < -0.39 is 24.4 Å². The number of amides is 2. The summed E-state index contributed by atoms with van der Waals surface area (Å²) in [6.07, 6.45) is 4.94. The number of cyclic esters (lactones) is 2. The third-order valence-corrected chi connectivity index (χ3v) is 8.93. The van der Waals surface area contributed by atoms with Crippen molar-refractivity contribution in [2.45, 2.75) is 24.3 Å². The van der Waals surface area contributed by atoms with Gasteiger partial charge in [0.1, 0.15) is 12.1 Å². The monoisotopic (exact) mass is 748 g/mol. The minimum Gasteiger partial charge on any atom is -0.439 e. The molecule has 0 aliphatic carbocycles. The van der Waals surface area contributed by atoms with Crippen molar-refractivity contribution in [1.82, 2.24) is 20.6 Å². The number of hydrogen-bond acceptors (Lipinski definition) is 6. The van der Waals surface area contributed by atoms with Crippen molar-refractivity contribution in [3.05, 3.63) is 201 Å². The van der Waals surface area contributed by atoms with Crippen LogP contribution < -0.4 is 10.6 Å². The third-order valence-electron chi connectivity index (χ3n) is 8.46. The molecule has 8 rings (SSSR count). The second-order valence-corrected chi connectivity index (χ2v) is 13.1. The van der Waals surface area contributed by atoms with E-state index in [1.165, 1.54) is 0 Å². The summed E-state index contributed by atoms with van der Waals surface area (Å²) >= 11 is 12.2. The summed E-state index contributed by atoms with van der Waals surface area (Å²) in [4.78, 5) is 32.3. The minimum absolute atomic E-state index is 0.359. The lowest BCUT2D eigenvalue weighted by atomic mass is 9.97. The van der Waals surface area contributed by atoms with E-state index in [-0.39, 0.29) is 12.1 Å². The van der Waals surface area contributed by atoms with Crippen LogP contribution in [-0.2, 0) is 9.47 Å². The Labute approximate surface area is 322 Å². The van der Waals surface area contributed by atoms with Crippen LogP contribution in [0.25, 0.3) is 0 Å². The van der Waals surface area contributed by atoms with Gasteiger partial charge in [0.15, 0.2) is 12.2 Å². The Morgan fingerprint density at radius 3 is 1.28 bits per heavy atom. The highest BCUT2D eigenvalue weighted by atomic mass is 35.5. The average Bonchev–Trinajstić information content (AvgIpc) is 3.80. The van der Waals surface area contributed by atoms with Gasteiger partial charge >= 0.3 is 12.2 Å². The summed E-state index contributed by atoms with van der Waals surface area (Å²) in [5.41, 5.74) is 6.69. The number of nitrogens with zero attached hydrogens (tertiary/aromatic N) is 2. The Bertz CT molecular complexity index is 2250. The number of pyridine rings is 2. The van der Waals surface area contributed by atoms with Gasteiger partial charge in [-0.15, -0.1) is 0 Å². The largest absolute Gasteiger partial charge is 0.439 e. The zero-order valence-corrected chi connectivity index (χ0v) is 30.0. The molecule has 0 bridgehead atoms. The van der Waals surface area contributed by atoms with E-state index in [4.69, 9.17) is 32.7 Å². The van der Waals surface area contributed by atoms with Gasteiger partial charge in [-0.3, -0.25) is 9.97 Å². The highest BCUT2D eigenvalue weighted by molar-refractivity contribution is 6.30. The van der Waals surface area contributed by atoms with E-state index in [1.807, 2.05) is 97.1 Å². The number of carbonyl (C=O) groups excluding carboxylic acids is 2. The lowest BCUT2D eigenvalue weighted by molar-refractivity contribution is 0.131. The lowest BCUT2D eigenvalue weighted by Crippen LogP contribution is -2.19. The number of rotatable bonds is 4. The Kier molecular flexibility index (Phi) is 11.2. The predicted octanol–water partition coefficient (Wildman–Crippen LogP) is 9.31. The van der Waals surface area contributed by atoms with Crippen molar-refractivity contribution in [2.75, 3.05) is 0 Å². The number of alkyl carbamates (subject to hydrolysis) is 2. The number of benzene rings is 4. The van der Waals surface area contributed by atoms with Crippen molar-refractivity contribution < 1.29 is 19.1 Å². The second kappa shape index (κ2) is 16.8. The molecule has 2 aliphatic rings. The highest BCUT2D eigenvalue weighted by Crippen LogP contribution is 2.38. The first kappa shape index (κ1) is 35.8. The maximum Gasteiger partial charge on any atom is 0.408 e. The van der Waals surface area contributed by atoms with E-state index in [0.29, 0.717) is 10.0 Å². The minimum atomic E-state index is -0.477. The Morgan fingerprint density at radius 1 is 0.463 bits per heavy atom. The summed E-state index contributed by atoms with van der Waals surface area (Å²) < 4.78 is 10.9. The molecule has 2 aromatic heterocycles. The standard InChI is InChI=1S/2C22H15ClN2O2/c2*23-19-8-4-7-17(12-19)21-20(25-22(26)27-21)18-11-16(13-24-14-18)10-9-15-5-2-1-3-6-15/h2*1-8,11-14,20-21H,(H,25,26)/t2*20-,21-/m10/s1. The molecular formula is C44H30Cl2N4O4. The Balaban J connectivity index is 0.000000167. The molecule has 2 fully saturated rings. The third kappa shape index (κ3) is 9.07. The van der Waals surface area contributed by atoms with Gasteiger partial charge in [-0.25, -0.2) is 9.59 Å². The molecule has 0 unspecified atom stereocenters. The molecule has 0 saturated carbocycles. The fraction of sp³-hybridized carbons (Fsp3) is 0.0909. The molecule has 2 aliphatic heterocycles. The van der Waals surface area contributed by atoms with Crippen molar-refractivity contribution in [1.29, 1.82) is 0 Å². The summed E-state index contributed by atoms with van der Waals surface area (Å²) in [6, 6.07) is 37.2. The molecule has 0 radical (unpaired) electrons. The number of aromatic nitrogens is 2. The molecule has 0 spiro atoms. The van der Waals surface area contributed by atoms with Gasteiger partial charge in [0.05, 0.1) is 0 Å². The summed E-state index contributed by atoms with van der Waals surface area (Å²) in [7, 11) is 0. The van der Waals surface area contributed by atoms with Crippen LogP contribution in [0.15, 0.2) is 146 Å². The topological polar surface area (TPSA) is 102 Å². The van der Waals surface area contributed by atoms with E-state index in [9.17, 15) is 9.59 Å². The summed E-state index contributed by atoms with van der Waals surface area (Å²) in [5, 5.41) is 6.88. The molecule has 4 aromatic carbocycles. The van der Waals surface area contributed by atoms with Crippen LogP contribution in [0.1, 0.15) is 68.8 Å². The fourth-order valence-corrected chi connectivity index (χ4v) is 6.37. The van der Waals surface area contributed by atoms with Gasteiger partial charge in [-0.05, 0) is 82.9 Å². The Morgan fingerprint density at radius 2 is 0.870 bits per heavy atom. The number of hydrogen-bond donors (Lipinski definition) is 2. The van der Waals surface area contributed by atoms with Gasteiger partial charge in [-0.1, -0.05) is 108 Å². The SMILES string of the molecule is O=C1N[C@@H](c2cncc(C#Cc3ccccc3)c2)[C@H](c2cccc(Cl)c2)O1.O=C1N[C@H](c2cncc(C#Cc3ccccc3)c2)[C@@H](c2cccc(Cl)c2)O1. The van der Waals surface area contributed by atoms with Crippen LogP contribution in [0.5, 0.6) is 0 Å². The highest BCUT2D eigenvalue weighted by Gasteiger charge is 2.38. The van der Waals surface area contributed by atoms with Crippen LogP contribution in [-0.4, -0.2) is 22.2 Å². The number of carbonyl (C=O) groups is 2. The van der Waals surface area contributed by atoms with Crippen molar-refractivity contribution in [2.24, 2.45) is 0 Å². The molecule has 10 heteroatoms. The van der Waals surface area contributed by atoms with Crippen LogP contribution in [0.4, 0.5) is 9.59 Å². The zero-order valence-electron chi connectivity index (χ0n) is 28.4. The van der Waals surface area contributed by atoms with Crippen LogP contribution in [0.2, 0.25) is 10.0 Å². The molecule has 264 valence electrons. The van der Waals surface area contributed by atoms with Gasteiger partial charge in [0.2, 0.25) is 0 Å². The molecule has 2 saturated heterocycles. The first-order valence-corrected chi connectivity index (χ1v) is 17.6. The van der Waals surface area contributed by atoms with Crippen LogP contribution in [0, 0.1) is 23.7 Å². The van der Waals surface area contributed by atoms with E-state index in [0.717, 1.165) is 44.5 Å². The van der Waals surface area contributed by atoms with Gasteiger partial charge in [0.25, 0.3) is 0 Å². The van der Waals surface area contributed by atoms with Crippen molar-refractivity contribution in [3.63, 3.8) is 0 Å². The second-order valence-electron chi connectivity index (χ2n) is 12.3. The van der Waals surface area contributed by atoms with Gasteiger partial charge in [0, 0.05) is 57.1 Å². The summed E-state index contributed by atoms with van der Waals surface area (Å²) in [6.45, 7) is 0. The van der Waals surface area contributed by atoms with Crippen molar-refractivity contribution >= 4 is 35.4 Å². The predicted molar refractivity (Wildman–Crippen MR) is 206 cm³/mol. The molecule has 4 atom stereocenters. The van der Waals surface area contributed by atoms with Crippen LogP contribution >= 0.6 is 23.2 Å². The zero-order chi connectivity index (χ0) is 37.3. The maximum absolute atomic E-state index is 11.9. The molecule has 6 aromatic rings. The summed E-state index contributed by atoms with van der Waals surface area (Å²) in [5.74, 6) is 12.4. The van der Waals surface area contributed by atoms with E-state index >= 15 is 0 Å². The normalized spacial score (nSPS) is 18.2. The quantitative estimate of drug-likeness (QED) is 0.174. The van der Waals surface area contributed by atoms with E-state index in [2.05, 4.69) is 44.3 Å². The van der Waals surface area contributed by atoms with Gasteiger partial charge < -0.3 is 20.1 Å². The Hall–Kier alpha value is -6.58. The van der Waals surface area contributed by atoms with E-state index in [1.54, 1.807) is 49.1 Å². The fourth-order valence-electron chi connectivity index (χ4n) is 5.97. The lowest BCUT2D eigenvalue weighted by Gasteiger charge is -2.17. The van der Waals surface area contributed by atoms with Gasteiger partial charge in [-0.2, -0.15) is 0 Å². The molecular weight excluding hydrogens is 719 g/mol. The molecule has 2 amide bonds. The molecule has 8 nitrogen and oxygen atoms in total. The number of ether oxygens (including phenoxy) is 2. The average molecular weight is 750 g/mol. The molecule has 4 heterocycles. The molecule has 54 heavy (non-hydrogen) atoms. The first-order valence-electron chi connectivity index (χ1n) is 16.9. The molecule has 2 N–H and O–H groups in total.